The van der Waals surface area contributed by atoms with Gasteiger partial charge in [0.1, 0.15) is 4.83 Å². The van der Waals surface area contributed by atoms with Gasteiger partial charge in [-0.25, -0.2) is 0 Å². The fraction of sp³-hybridized carbons (Fsp3) is 0.125. The van der Waals surface area contributed by atoms with Crippen LogP contribution >= 0.6 is 27.5 Å². The Morgan fingerprint density at radius 1 is 1.50 bits per heavy atom. The van der Waals surface area contributed by atoms with E-state index in [4.69, 9.17) is 16.7 Å². The van der Waals surface area contributed by atoms with Crippen molar-refractivity contribution in [2.45, 2.75) is 4.83 Å². The number of rotatable bonds is 2. The zero-order valence-corrected chi connectivity index (χ0v) is 8.34. The summed E-state index contributed by atoms with van der Waals surface area (Å²) in [6.45, 7) is 0. The quantitative estimate of drug-likeness (QED) is 0.818. The highest BCUT2D eigenvalue weighted by molar-refractivity contribution is 9.09. The summed E-state index contributed by atoms with van der Waals surface area (Å²) in [5.74, 6) is -0.942. The lowest BCUT2D eigenvalue weighted by atomic mass is 10.1. The van der Waals surface area contributed by atoms with E-state index >= 15 is 0 Å². The fourth-order valence-electron chi connectivity index (χ4n) is 0.814. The van der Waals surface area contributed by atoms with E-state index in [1.54, 1.807) is 24.3 Å². The van der Waals surface area contributed by atoms with Crippen molar-refractivity contribution < 1.29 is 9.90 Å². The Kier molecular flexibility index (Phi) is 3.12. The fourth-order valence-corrected chi connectivity index (χ4v) is 1.59. The van der Waals surface area contributed by atoms with Crippen molar-refractivity contribution in [3.63, 3.8) is 0 Å². The molecule has 12 heavy (non-hydrogen) atoms. The maximum Gasteiger partial charge on any atom is 0.321 e. The molecule has 0 fully saturated rings. The van der Waals surface area contributed by atoms with Crippen molar-refractivity contribution in [2.24, 2.45) is 0 Å². The molecule has 0 aliphatic heterocycles. The van der Waals surface area contributed by atoms with Crippen molar-refractivity contribution in [1.29, 1.82) is 0 Å². The number of benzene rings is 1. The molecule has 1 N–H and O–H groups in total. The van der Waals surface area contributed by atoms with Gasteiger partial charge in [0.2, 0.25) is 0 Å². The minimum atomic E-state index is -0.942. The highest BCUT2D eigenvalue weighted by Crippen LogP contribution is 2.28. The first-order valence-electron chi connectivity index (χ1n) is 3.24. The van der Waals surface area contributed by atoms with Gasteiger partial charge < -0.3 is 5.11 Å². The lowest BCUT2D eigenvalue weighted by Crippen LogP contribution is -2.04. The van der Waals surface area contributed by atoms with Gasteiger partial charge in [-0.15, -0.1) is 0 Å². The molecule has 1 aromatic carbocycles. The summed E-state index contributed by atoms with van der Waals surface area (Å²) in [4.78, 5) is 9.82. The minimum Gasteiger partial charge on any atom is -0.480 e. The second kappa shape index (κ2) is 3.92. The van der Waals surface area contributed by atoms with Gasteiger partial charge in [-0.3, -0.25) is 4.79 Å². The van der Waals surface area contributed by atoms with E-state index in [1.165, 1.54) is 0 Å². The van der Waals surface area contributed by atoms with Crippen LogP contribution in [0.1, 0.15) is 10.4 Å². The number of halogens is 2. The van der Waals surface area contributed by atoms with E-state index in [0.29, 0.717) is 10.6 Å². The molecule has 0 heterocycles. The molecule has 1 atom stereocenters. The van der Waals surface area contributed by atoms with Gasteiger partial charge in [0.15, 0.2) is 0 Å². The Morgan fingerprint density at radius 2 is 2.08 bits per heavy atom. The topological polar surface area (TPSA) is 37.3 Å². The summed E-state index contributed by atoms with van der Waals surface area (Å²) in [6, 6.07) is 6.84. The lowest BCUT2D eigenvalue weighted by Gasteiger charge is -2.05. The normalized spacial score (nSPS) is 12.5. The molecule has 1 aromatic rings. The molecule has 2 nitrogen and oxygen atoms in total. The zero-order chi connectivity index (χ0) is 9.14. The molecule has 0 saturated carbocycles. The second-order valence-corrected chi connectivity index (χ2v) is 3.55. The van der Waals surface area contributed by atoms with Crippen molar-refractivity contribution in [3.05, 3.63) is 34.9 Å². The molecule has 1 unspecified atom stereocenters. The summed E-state index contributed by atoms with van der Waals surface area (Å²) in [5.41, 5.74) is 0.576. The molecule has 0 aromatic heterocycles. The zero-order valence-electron chi connectivity index (χ0n) is 6.00. The Labute approximate surface area is 83.3 Å². The Morgan fingerprint density at radius 3 is 2.58 bits per heavy atom. The average Bonchev–Trinajstić information content (AvgIpc) is 2.04. The highest BCUT2D eigenvalue weighted by Gasteiger charge is 2.17. The summed E-state index contributed by atoms with van der Waals surface area (Å²) in [7, 11) is 0. The first-order chi connectivity index (χ1) is 5.63. The summed E-state index contributed by atoms with van der Waals surface area (Å²) in [5, 5.41) is 9.11. The minimum absolute atomic E-state index is 0.460. The number of hydrogen-bond donors (Lipinski definition) is 1. The SMILES string of the molecule is O=C(O)C(Br)c1ccccc1Cl. The van der Waals surface area contributed by atoms with Crippen LogP contribution < -0.4 is 0 Å². The third-order valence-corrected chi connectivity index (χ3v) is 2.62. The molecule has 0 spiro atoms. The predicted molar refractivity (Wildman–Crippen MR) is 50.8 cm³/mol. The van der Waals surface area contributed by atoms with Crippen molar-refractivity contribution >= 4 is 33.5 Å². The highest BCUT2D eigenvalue weighted by atomic mass is 79.9. The van der Waals surface area contributed by atoms with Crippen LogP contribution in [-0.2, 0) is 4.79 Å². The van der Waals surface area contributed by atoms with Gasteiger partial charge in [0.25, 0.3) is 0 Å². The van der Waals surface area contributed by atoms with Gasteiger partial charge in [-0.05, 0) is 11.6 Å². The molecule has 0 aliphatic carbocycles. The Hall–Kier alpha value is -0.540. The van der Waals surface area contributed by atoms with Crippen LogP contribution in [0.4, 0.5) is 0 Å². The van der Waals surface area contributed by atoms with Crippen LogP contribution in [0.25, 0.3) is 0 Å². The number of carboxylic acid groups (broad SMARTS) is 1. The monoisotopic (exact) mass is 248 g/mol. The maximum absolute atomic E-state index is 10.5. The molecular formula is C8H6BrClO2. The van der Waals surface area contributed by atoms with Crippen molar-refractivity contribution in [1.82, 2.24) is 0 Å². The number of carbonyl (C=O) groups is 1. The summed E-state index contributed by atoms with van der Waals surface area (Å²) < 4.78 is 0. The summed E-state index contributed by atoms with van der Waals surface area (Å²) in [6.07, 6.45) is 0. The number of carboxylic acids is 1. The number of aliphatic carboxylic acids is 1. The molecule has 4 heteroatoms. The second-order valence-electron chi connectivity index (χ2n) is 2.22. The molecule has 64 valence electrons. The molecule has 0 aliphatic rings. The van der Waals surface area contributed by atoms with Crippen LogP contribution in [0, 0.1) is 0 Å². The standard InChI is InChI=1S/C8H6BrClO2/c9-7(8(11)12)5-3-1-2-4-6(5)10/h1-4,7H,(H,11,12). The number of hydrogen-bond acceptors (Lipinski definition) is 1. The molecular weight excluding hydrogens is 243 g/mol. The Balaban J connectivity index is 3.02. The third-order valence-electron chi connectivity index (χ3n) is 1.40. The first-order valence-corrected chi connectivity index (χ1v) is 4.53. The number of alkyl halides is 1. The summed E-state index contributed by atoms with van der Waals surface area (Å²) >= 11 is 8.79. The van der Waals surface area contributed by atoms with Gasteiger partial charge in [0.05, 0.1) is 0 Å². The van der Waals surface area contributed by atoms with E-state index in [9.17, 15) is 4.79 Å². The molecule has 1 rings (SSSR count). The van der Waals surface area contributed by atoms with Crippen LogP contribution in [0.15, 0.2) is 24.3 Å². The van der Waals surface area contributed by atoms with Crippen molar-refractivity contribution in [3.8, 4) is 0 Å². The van der Waals surface area contributed by atoms with Crippen LogP contribution in [0.3, 0.4) is 0 Å². The van der Waals surface area contributed by atoms with Crippen LogP contribution in [0.5, 0.6) is 0 Å². The van der Waals surface area contributed by atoms with Crippen molar-refractivity contribution in [2.75, 3.05) is 0 Å². The van der Waals surface area contributed by atoms with Gasteiger partial charge in [0, 0.05) is 5.02 Å². The van der Waals surface area contributed by atoms with E-state index < -0.39 is 10.8 Å². The molecule has 0 amide bonds. The predicted octanol–water partition coefficient (Wildman–Crippen LogP) is 2.86. The smallest absolute Gasteiger partial charge is 0.321 e. The Bertz CT molecular complexity index is 301. The molecule has 0 saturated heterocycles. The van der Waals surface area contributed by atoms with Gasteiger partial charge in [-0.2, -0.15) is 0 Å². The average molecular weight is 249 g/mol. The van der Waals surface area contributed by atoms with E-state index in [2.05, 4.69) is 15.9 Å². The van der Waals surface area contributed by atoms with Crippen LogP contribution in [-0.4, -0.2) is 11.1 Å². The van der Waals surface area contributed by atoms with E-state index in [0.717, 1.165) is 0 Å². The van der Waals surface area contributed by atoms with Gasteiger partial charge in [-0.1, -0.05) is 45.7 Å². The van der Waals surface area contributed by atoms with Gasteiger partial charge >= 0.3 is 5.97 Å². The van der Waals surface area contributed by atoms with E-state index in [-0.39, 0.29) is 0 Å². The lowest BCUT2D eigenvalue weighted by molar-refractivity contribution is -0.136. The molecule has 0 bridgehead atoms. The maximum atomic E-state index is 10.5. The largest absolute Gasteiger partial charge is 0.480 e. The van der Waals surface area contributed by atoms with Crippen LogP contribution in [0.2, 0.25) is 5.02 Å². The first kappa shape index (κ1) is 9.55. The molecule has 0 radical (unpaired) electrons. The third kappa shape index (κ3) is 1.99. The van der Waals surface area contributed by atoms with E-state index in [1.807, 2.05) is 0 Å².